The van der Waals surface area contributed by atoms with Gasteiger partial charge in [-0.3, -0.25) is 14.4 Å². The first-order valence-electron chi connectivity index (χ1n) is 11.5. The van der Waals surface area contributed by atoms with Crippen LogP contribution in [-0.4, -0.2) is 71.8 Å². The molecule has 9 nitrogen and oxygen atoms in total. The standard InChI is InChI=1S/C23H30N4O5/c28-15-32-21(30)14-27-11-7-18(13-20(27)29)23(31)26-9-5-16(6-10-26)12-19-4-3-17-2-1-8-24-22(17)25-19/h3-4,15-16,18H,1-2,5-14H2,(H,24,25). The number of amides is 2. The van der Waals surface area contributed by atoms with Crippen LogP contribution in [0.5, 0.6) is 0 Å². The van der Waals surface area contributed by atoms with Crippen molar-refractivity contribution < 1.29 is 23.9 Å². The molecule has 2 amide bonds. The number of piperidine rings is 2. The van der Waals surface area contributed by atoms with Crippen molar-refractivity contribution in [2.24, 2.45) is 11.8 Å². The van der Waals surface area contributed by atoms with Crippen molar-refractivity contribution >= 4 is 30.1 Å². The van der Waals surface area contributed by atoms with Gasteiger partial charge < -0.3 is 19.9 Å². The van der Waals surface area contributed by atoms with Crippen LogP contribution in [-0.2, 0) is 36.8 Å². The van der Waals surface area contributed by atoms with Crippen LogP contribution in [0.2, 0.25) is 0 Å². The van der Waals surface area contributed by atoms with Gasteiger partial charge in [-0.05, 0) is 56.1 Å². The molecule has 0 spiro atoms. The van der Waals surface area contributed by atoms with E-state index in [1.54, 1.807) is 0 Å². The summed E-state index contributed by atoms with van der Waals surface area (Å²) >= 11 is 0. The van der Waals surface area contributed by atoms with Crippen LogP contribution in [0.15, 0.2) is 12.1 Å². The number of pyridine rings is 1. The van der Waals surface area contributed by atoms with E-state index in [1.807, 2.05) is 4.90 Å². The smallest absolute Gasteiger partial charge is 0.333 e. The number of aromatic nitrogens is 1. The molecule has 0 saturated carbocycles. The van der Waals surface area contributed by atoms with Gasteiger partial charge in [0, 0.05) is 44.2 Å². The Hall–Kier alpha value is -2.97. The number of fused-ring (bicyclic) bond motifs is 1. The van der Waals surface area contributed by atoms with Crippen molar-refractivity contribution in [3.05, 3.63) is 23.4 Å². The van der Waals surface area contributed by atoms with E-state index in [0.29, 0.717) is 32.0 Å². The number of carbonyl (C=O) groups is 4. The minimum atomic E-state index is -0.760. The first-order chi connectivity index (χ1) is 15.5. The molecule has 0 bridgehead atoms. The first kappa shape index (κ1) is 22.2. The number of hydrogen-bond acceptors (Lipinski definition) is 7. The van der Waals surface area contributed by atoms with Crippen LogP contribution in [0.3, 0.4) is 0 Å². The van der Waals surface area contributed by atoms with Gasteiger partial charge in [0.15, 0.2) is 0 Å². The largest absolute Gasteiger partial charge is 0.394 e. The summed E-state index contributed by atoms with van der Waals surface area (Å²) in [6.45, 7) is 2.51. The zero-order valence-electron chi connectivity index (χ0n) is 18.3. The van der Waals surface area contributed by atoms with E-state index in [9.17, 15) is 19.2 Å². The molecule has 1 unspecified atom stereocenters. The monoisotopic (exact) mass is 442 g/mol. The van der Waals surface area contributed by atoms with Crippen molar-refractivity contribution in [1.82, 2.24) is 14.8 Å². The van der Waals surface area contributed by atoms with Crippen LogP contribution in [0.1, 0.15) is 43.4 Å². The van der Waals surface area contributed by atoms with Gasteiger partial charge >= 0.3 is 12.4 Å². The van der Waals surface area contributed by atoms with Gasteiger partial charge in [-0.25, -0.2) is 9.78 Å². The normalized spacial score (nSPS) is 21.5. The van der Waals surface area contributed by atoms with Crippen molar-refractivity contribution in [2.45, 2.75) is 44.9 Å². The number of nitrogens with zero attached hydrogens (tertiary/aromatic N) is 3. The van der Waals surface area contributed by atoms with Crippen LogP contribution >= 0.6 is 0 Å². The molecule has 0 aromatic carbocycles. The Bertz CT molecular complexity index is 881. The predicted molar refractivity (Wildman–Crippen MR) is 116 cm³/mol. The van der Waals surface area contributed by atoms with Crippen LogP contribution < -0.4 is 5.32 Å². The van der Waals surface area contributed by atoms with Gasteiger partial charge in [0.25, 0.3) is 0 Å². The molecule has 4 heterocycles. The van der Waals surface area contributed by atoms with Crippen molar-refractivity contribution in [2.75, 3.05) is 38.0 Å². The summed E-state index contributed by atoms with van der Waals surface area (Å²) in [5, 5.41) is 3.39. The quantitative estimate of drug-likeness (QED) is 0.400. The summed E-state index contributed by atoms with van der Waals surface area (Å²) in [5.41, 5.74) is 2.40. The second kappa shape index (κ2) is 10.1. The van der Waals surface area contributed by atoms with E-state index < -0.39 is 5.97 Å². The molecule has 2 saturated heterocycles. The lowest BCUT2D eigenvalue weighted by atomic mass is 9.89. The molecule has 1 aromatic rings. The Morgan fingerprint density at radius 1 is 1.19 bits per heavy atom. The highest BCUT2D eigenvalue weighted by atomic mass is 16.6. The Morgan fingerprint density at radius 3 is 2.75 bits per heavy atom. The zero-order chi connectivity index (χ0) is 22.5. The molecular formula is C23H30N4O5. The minimum Gasteiger partial charge on any atom is -0.394 e. The number of rotatable bonds is 6. The highest BCUT2D eigenvalue weighted by molar-refractivity contribution is 5.89. The van der Waals surface area contributed by atoms with Gasteiger partial charge in [0.05, 0.1) is 0 Å². The predicted octanol–water partition coefficient (Wildman–Crippen LogP) is 1.16. The summed E-state index contributed by atoms with van der Waals surface area (Å²) in [4.78, 5) is 55.0. The number of hydrogen-bond donors (Lipinski definition) is 1. The fraction of sp³-hybridized carbons (Fsp3) is 0.609. The number of likely N-dealkylation sites (tertiary alicyclic amines) is 2. The molecule has 0 aliphatic carbocycles. The van der Waals surface area contributed by atoms with Gasteiger partial charge in [-0.15, -0.1) is 0 Å². The van der Waals surface area contributed by atoms with Gasteiger partial charge in [-0.2, -0.15) is 0 Å². The van der Waals surface area contributed by atoms with Crippen molar-refractivity contribution in [3.63, 3.8) is 0 Å². The average Bonchev–Trinajstić information content (AvgIpc) is 2.80. The third kappa shape index (κ3) is 5.26. The van der Waals surface area contributed by atoms with E-state index in [1.165, 1.54) is 10.5 Å². The molecule has 3 aliphatic heterocycles. The highest BCUT2D eigenvalue weighted by Crippen LogP contribution is 2.27. The molecule has 3 aliphatic rings. The summed E-state index contributed by atoms with van der Waals surface area (Å²) < 4.78 is 4.25. The van der Waals surface area contributed by atoms with Gasteiger partial charge in [0.2, 0.25) is 11.8 Å². The zero-order valence-corrected chi connectivity index (χ0v) is 18.3. The molecule has 1 atom stereocenters. The number of carbonyl (C=O) groups excluding carboxylic acids is 4. The lowest BCUT2D eigenvalue weighted by molar-refractivity contribution is -0.156. The van der Waals surface area contributed by atoms with E-state index in [0.717, 1.165) is 50.2 Å². The summed E-state index contributed by atoms with van der Waals surface area (Å²) in [5.74, 6) is 0.204. The number of anilines is 1. The molecular weight excluding hydrogens is 412 g/mol. The maximum Gasteiger partial charge on any atom is 0.333 e. The summed E-state index contributed by atoms with van der Waals surface area (Å²) in [6.07, 6.45) is 5.64. The number of aryl methyl sites for hydroxylation is 1. The Balaban J connectivity index is 1.24. The average molecular weight is 443 g/mol. The van der Waals surface area contributed by atoms with E-state index in [2.05, 4.69) is 22.2 Å². The SMILES string of the molecule is O=COC(=O)CN1CCC(C(=O)N2CCC(Cc3ccc4c(n3)NCCC4)CC2)CC1=O. The van der Waals surface area contributed by atoms with E-state index in [-0.39, 0.29) is 37.2 Å². The van der Waals surface area contributed by atoms with E-state index in [4.69, 9.17) is 4.98 Å². The van der Waals surface area contributed by atoms with Gasteiger partial charge in [0.1, 0.15) is 12.4 Å². The molecule has 1 aromatic heterocycles. The first-order valence-corrected chi connectivity index (χ1v) is 11.5. The summed E-state index contributed by atoms with van der Waals surface area (Å²) in [6, 6.07) is 4.32. The molecule has 32 heavy (non-hydrogen) atoms. The van der Waals surface area contributed by atoms with Crippen molar-refractivity contribution in [1.29, 1.82) is 0 Å². The van der Waals surface area contributed by atoms with Crippen LogP contribution in [0, 0.1) is 11.8 Å². The minimum absolute atomic E-state index is 0.0306. The molecule has 9 heteroatoms. The van der Waals surface area contributed by atoms with Crippen molar-refractivity contribution in [3.8, 4) is 0 Å². The van der Waals surface area contributed by atoms with E-state index >= 15 is 0 Å². The Morgan fingerprint density at radius 2 is 2.00 bits per heavy atom. The Labute approximate surface area is 187 Å². The second-order valence-electron chi connectivity index (χ2n) is 8.90. The lowest BCUT2D eigenvalue weighted by Crippen LogP contribution is -2.48. The number of ether oxygens (including phenoxy) is 1. The Kier molecular flexibility index (Phi) is 7.02. The van der Waals surface area contributed by atoms with Crippen LogP contribution in [0.4, 0.5) is 5.82 Å². The van der Waals surface area contributed by atoms with Crippen LogP contribution in [0.25, 0.3) is 0 Å². The molecule has 172 valence electrons. The fourth-order valence-electron chi connectivity index (χ4n) is 4.90. The maximum absolute atomic E-state index is 13.0. The molecule has 2 fully saturated rings. The molecule has 0 radical (unpaired) electrons. The molecule has 1 N–H and O–H groups in total. The fourth-order valence-corrected chi connectivity index (χ4v) is 4.90. The lowest BCUT2D eigenvalue weighted by Gasteiger charge is -2.36. The molecule has 4 rings (SSSR count). The third-order valence-electron chi connectivity index (χ3n) is 6.75. The highest BCUT2D eigenvalue weighted by Gasteiger charge is 2.35. The summed E-state index contributed by atoms with van der Waals surface area (Å²) in [7, 11) is 0. The second-order valence-corrected chi connectivity index (χ2v) is 8.90. The van der Waals surface area contributed by atoms with Gasteiger partial charge in [-0.1, -0.05) is 6.07 Å². The number of nitrogens with one attached hydrogen (secondary N) is 1. The topological polar surface area (TPSA) is 109 Å². The maximum atomic E-state index is 13.0. The third-order valence-corrected chi connectivity index (χ3v) is 6.75. The number of esters is 1.